The van der Waals surface area contributed by atoms with Crippen molar-refractivity contribution in [2.24, 2.45) is 0 Å². The first kappa shape index (κ1) is 16.0. The van der Waals surface area contributed by atoms with E-state index in [1.807, 2.05) is 25.1 Å². The van der Waals surface area contributed by atoms with Gasteiger partial charge in [0.15, 0.2) is 0 Å². The molecule has 6 heteroatoms. The van der Waals surface area contributed by atoms with E-state index in [1.165, 1.54) is 12.1 Å². The summed E-state index contributed by atoms with van der Waals surface area (Å²) in [6.07, 6.45) is 0. The van der Waals surface area contributed by atoms with E-state index in [1.54, 1.807) is 12.1 Å². The average Bonchev–Trinajstić information content (AvgIpc) is 2.85. The minimum absolute atomic E-state index is 0.0732. The topological polar surface area (TPSA) is 72.5 Å². The molecular formula is C18H20N4O2. The molecule has 3 rings (SSSR count). The van der Waals surface area contributed by atoms with E-state index in [-0.39, 0.29) is 11.2 Å². The number of fused-ring (bicyclic) bond motifs is 1. The fraction of sp³-hybridized carbons (Fsp3) is 0.278. The van der Waals surface area contributed by atoms with Gasteiger partial charge in [-0.05, 0) is 52.0 Å². The molecule has 3 aromatic rings. The van der Waals surface area contributed by atoms with Gasteiger partial charge in [-0.2, -0.15) is 0 Å². The third kappa shape index (κ3) is 2.95. The van der Waals surface area contributed by atoms with E-state index in [0.717, 1.165) is 28.4 Å². The molecule has 24 heavy (non-hydrogen) atoms. The summed E-state index contributed by atoms with van der Waals surface area (Å²) >= 11 is 0. The lowest BCUT2D eigenvalue weighted by molar-refractivity contribution is -0.384. The molecule has 0 spiro atoms. The number of nitrogens with zero attached hydrogens (tertiary/aromatic N) is 3. The normalized spacial score (nSPS) is 11.7. The summed E-state index contributed by atoms with van der Waals surface area (Å²) in [6.45, 7) is 8.29. The van der Waals surface area contributed by atoms with Crippen LogP contribution in [0.15, 0.2) is 42.5 Å². The predicted molar refractivity (Wildman–Crippen MR) is 95.4 cm³/mol. The average molecular weight is 324 g/mol. The van der Waals surface area contributed by atoms with Crippen molar-refractivity contribution < 1.29 is 4.92 Å². The Kier molecular flexibility index (Phi) is 3.75. The van der Waals surface area contributed by atoms with Gasteiger partial charge in [0.25, 0.3) is 5.69 Å². The highest BCUT2D eigenvalue weighted by atomic mass is 16.6. The summed E-state index contributed by atoms with van der Waals surface area (Å²) in [7, 11) is 0. The molecule has 0 saturated heterocycles. The molecule has 0 amide bonds. The Hall–Kier alpha value is -2.89. The summed E-state index contributed by atoms with van der Waals surface area (Å²) in [5, 5.41) is 14.4. The van der Waals surface area contributed by atoms with Gasteiger partial charge in [0.05, 0.1) is 4.92 Å². The van der Waals surface area contributed by atoms with Crippen LogP contribution in [0.25, 0.3) is 16.9 Å². The zero-order chi connectivity index (χ0) is 17.5. The van der Waals surface area contributed by atoms with Crippen LogP contribution in [0.2, 0.25) is 0 Å². The van der Waals surface area contributed by atoms with Crippen LogP contribution in [0, 0.1) is 17.0 Å². The number of hydrogen-bond acceptors (Lipinski definition) is 4. The van der Waals surface area contributed by atoms with E-state index < -0.39 is 4.92 Å². The van der Waals surface area contributed by atoms with Gasteiger partial charge in [0.2, 0.25) is 0 Å². The fourth-order valence-corrected chi connectivity index (χ4v) is 2.67. The number of nitro groups is 1. The van der Waals surface area contributed by atoms with E-state index in [0.29, 0.717) is 0 Å². The SMILES string of the molecule is Cc1cccc2nc(-c3ccc([N+](=O)[O-])cc3)c(NC(C)(C)C)n12. The number of rotatable bonds is 3. The second-order valence-corrected chi connectivity index (χ2v) is 6.85. The Morgan fingerprint density at radius 2 is 1.79 bits per heavy atom. The Morgan fingerprint density at radius 1 is 1.12 bits per heavy atom. The number of aryl methyl sites for hydroxylation is 1. The molecule has 0 aliphatic heterocycles. The number of anilines is 1. The van der Waals surface area contributed by atoms with Crippen LogP contribution in [0.5, 0.6) is 0 Å². The number of nitrogens with one attached hydrogen (secondary N) is 1. The van der Waals surface area contributed by atoms with Crippen LogP contribution < -0.4 is 5.32 Å². The second kappa shape index (κ2) is 5.63. The molecule has 6 nitrogen and oxygen atoms in total. The highest BCUT2D eigenvalue weighted by molar-refractivity contribution is 5.77. The predicted octanol–water partition coefficient (Wildman–Crippen LogP) is 4.43. The molecule has 0 fully saturated rings. The van der Waals surface area contributed by atoms with Gasteiger partial charge in [-0.1, -0.05) is 6.07 Å². The number of hydrogen-bond donors (Lipinski definition) is 1. The molecule has 0 radical (unpaired) electrons. The molecule has 0 unspecified atom stereocenters. The largest absolute Gasteiger partial charge is 0.365 e. The Bertz CT molecular complexity index is 905. The van der Waals surface area contributed by atoms with Crippen LogP contribution in [0.4, 0.5) is 11.5 Å². The molecule has 0 saturated carbocycles. The van der Waals surface area contributed by atoms with Crippen LogP contribution >= 0.6 is 0 Å². The van der Waals surface area contributed by atoms with Crippen LogP contribution in [0.1, 0.15) is 26.5 Å². The quantitative estimate of drug-likeness (QED) is 0.571. The van der Waals surface area contributed by atoms with Crippen LogP contribution in [-0.4, -0.2) is 19.8 Å². The monoisotopic (exact) mass is 324 g/mol. The molecule has 1 aromatic carbocycles. The number of aromatic nitrogens is 2. The van der Waals surface area contributed by atoms with Crippen molar-refractivity contribution >= 4 is 17.2 Å². The standard InChI is InChI=1S/C18H20N4O2/c1-12-6-5-7-15-19-16(17(21(12)15)20-18(2,3)4)13-8-10-14(11-9-13)22(23)24/h5-11,20H,1-4H3. The zero-order valence-electron chi connectivity index (χ0n) is 14.2. The minimum Gasteiger partial charge on any atom is -0.365 e. The first-order valence-electron chi connectivity index (χ1n) is 7.77. The smallest absolute Gasteiger partial charge is 0.269 e. The van der Waals surface area contributed by atoms with Gasteiger partial charge in [-0.25, -0.2) is 4.98 Å². The maximum absolute atomic E-state index is 10.9. The van der Waals surface area contributed by atoms with E-state index in [2.05, 4.69) is 30.5 Å². The van der Waals surface area contributed by atoms with E-state index >= 15 is 0 Å². The Labute approximate surface area is 140 Å². The van der Waals surface area contributed by atoms with Crippen LogP contribution in [0.3, 0.4) is 0 Å². The minimum atomic E-state index is -0.397. The van der Waals surface area contributed by atoms with Gasteiger partial charge in [0, 0.05) is 28.9 Å². The number of non-ortho nitro benzene ring substituents is 1. The molecule has 0 aliphatic rings. The number of benzene rings is 1. The lowest BCUT2D eigenvalue weighted by Crippen LogP contribution is -2.27. The molecule has 0 atom stereocenters. The fourth-order valence-electron chi connectivity index (χ4n) is 2.67. The van der Waals surface area contributed by atoms with Crippen LogP contribution in [-0.2, 0) is 0 Å². The van der Waals surface area contributed by atoms with Crippen molar-refractivity contribution in [1.29, 1.82) is 0 Å². The van der Waals surface area contributed by atoms with Gasteiger partial charge in [0.1, 0.15) is 17.2 Å². The van der Waals surface area contributed by atoms with Crippen molar-refractivity contribution in [3.63, 3.8) is 0 Å². The zero-order valence-corrected chi connectivity index (χ0v) is 14.2. The lowest BCUT2D eigenvalue weighted by Gasteiger charge is -2.23. The summed E-state index contributed by atoms with van der Waals surface area (Å²) in [6, 6.07) is 12.4. The third-order valence-corrected chi connectivity index (χ3v) is 3.68. The van der Waals surface area contributed by atoms with Crippen molar-refractivity contribution in [3.05, 3.63) is 58.3 Å². The van der Waals surface area contributed by atoms with Gasteiger partial charge >= 0.3 is 0 Å². The molecule has 1 N–H and O–H groups in total. The molecular weight excluding hydrogens is 304 g/mol. The number of nitro benzene ring substituents is 1. The van der Waals surface area contributed by atoms with Crippen molar-refractivity contribution in [3.8, 4) is 11.3 Å². The maximum Gasteiger partial charge on any atom is 0.269 e. The Balaban J connectivity index is 2.21. The first-order chi connectivity index (χ1) is 11.3. The van der Waals surface area contributed by atoms with Gasteiger partial charge in [-0.3, -0.25) is 14.5 Å². The molecule has 2 aromatic heterocycles. The number of pyridine rings is 1. The maximum atomic E-state index is 10.9. The number of imidazole rings is 1. The van der Waals surface area contributed by atoms with Crippen molar-refractivity contribution in [1.82, 2.24) is 9.38 Å². The molecule has 2 heterocycles. The first-order valence-corrected chi connectivity index (χ1v) is 7.77. The Morgan fingerprint density at radius 3 is 2.38 bits per heavy atom. The summed E-state index contributed by atoms with van der Waals surface area (Å²) in [5.74, 6) is 0.893. The highest BCUT2D eigenvalue weighted by Crippen LogP contribution is 2.32. The summed E-state index contributed by atoms with van der Waals surface area (Å²) < 4.78 is 2.07. The highest BCUT2D eigenvalue weighted by Gasteiger charge is 2.20. The third-order valence-electron chi connectivity index (χ3n) is 3.68. The molecule has 0 bridgehead atoms. The van der Waals surface area contributed by atoms with E-state index in [9.17, 15) is 10.1 Å². The summed E-state index contributed by atoms with van der Waals surface area (Å²) in [4.78, 5) is 15.2. The molecule has 0 aliphatic carbocycles. The van der Waals surface area contributed by atoms with Crippen molar-refractivity contribution in [2.75, 3.05) is 5.32 Å². The molecule has 124 valence electrons. The summed E-state index contributed by atoms with van der Waals surface area (Å²) in [5.41, 5.74) is 3.47. The second-order valence-electron chi connectivity index (χ2n) is 6.85. The lowest BCUT2D eigenvalue weighted by atomic mass is 10.1. The van der Waals surface area contributed by atoms with Crippen molar-refractivity contribution in [2.45, 2.75) is 33.2 Å². The van der Waals surface area contributed by atoms with Gasteiger partial charge < -0.3 is 5.32 Å². The van der Waals surface area contributed by atoms with Gasteiger partial charge in [-0.15, -0.1) is 0 Å². The van der Waals surface area contributed by atoms with E-state index in [4.69, 9.17) is 4.98 Å².